The molecule has 0 aromatic carbocycles. The lowest BCUT2D eigenvalue weighted by atomic mass is 10.1. The molecule has 0 aromatic heterocycles. The maximum Gasteiger partial charge on any atom is 0.306 e. The topological polar surface area (TPSA) is 78.9 Å². The number of hydrogen-bond acceptors (Lipinski definition) is 6. The lowest BCUT2D eigenvalue weighted by Gasteiger charge is -2.18. The Balaban J connectivity index is 4.50. The summed E-state index contributed by atoms with van der Waals surface area (Å²) in [5.74, 6) is -1.04. The van der Waals surface area contributed by atoms with E-state index >= 15 is 0 Å². The van der Waals surface area contributed by atoms with E-state index < -0.39 is 6.10 Å². The molecule has 0 heterocycles. The van der Waals surface area contributed by atoms with Crippen LogP contribution in [0.2, 0.25) is 0 Å². The summed E-state index contributed by atoms with van der Waals surface area (Å²) in [6, 6.07) is 0. The van der Waals surface area contributed by atoms with Crippen molar-refractivity contribution in [2.75, 3.05) is 13.2 Å². The van der Waals surface area contributed by atoms with Crippen LogP contribution in [0, 0.1) is 0 Å². The Morgan fingerprint density at radius 1 is 0.267 bits per heavy atom. The van der Waals surface area contributed by atoms with Crippen LogP contribution in [0.25, 0.3) is 0 Å². The molecule has 75 heavy (non-hydrogen) atoms. The van der Waals surface area contributed by atoms with Crippen molar-refractivity contribution in [1.29, 1.82) is 0 Å². The molecule has 0 aliphatic rings. The third-order valence-electron chi connectivity index (χ3n) is 11.7. The van der Waals surface area contributed by atoms with E-state index in [-0.39, 0.29) is 44.0 Å². The van der Waals surface area contributed by atoms with Gasteiger partial charge in [-0.2, -0.15) is 0 Å². The number of esters is 3. The molecule has 0 aliphatic heterocycles. The molecule has 0 fully saturated rings. The predicted octanol–water partition coefficient (Wildman–Crippen LogP) is 20.3. The fourth-order valence-corrected chi connectivity index (χ4v) is 7.38. The Morgan fingerprint density at radius 3 is 0.813 bits per heavy atom. The van der Waals surface area contributed by atoms with Crippen LogP contribution in [0.4, 0.5) is 0 Å². The van der Waals surface area contributed by atoms with Crippen LogP contribution in [-0.2, 0) is 28.6 Å². The zero-order valence-corrected chi connectivity index (χ0v) is 47.7. The van der Waals surface area contributed by atoms with Gasteiger partial charge >= 0.3 is 17.9 Å². The molecule has 0 saturated carbocycles. The molecule has 6 nitrogen and oxygen atoms in total. The van der Waals surface area contributed by atoms with Crippen molar-refractivity contribution < 1.29 is 28.6 Å². The minimum absolute atomic E-state index is 0.125. The van der Waals surface area contributed by atoms with E-state index in [9.17, 15) is 14.4 Å². The molecule has 0 radical (unpaired) electrons. The summed E-state index contributed by atoms with van der Waals surface area (Å²) in [7, 11) is 0. The molecule has 0 rings (SSSR count). The Kier molecular flexibility index (Phi) is 57.0. The first-order chi connectivity index (χ1) is 37.0. The van der Waals surface area contributed by atoms with E-state index in [1.807, 2.05) is 0 Å². The highest BCUT2D eigenvalue weighted by atomic mass is 16.6. The smallest absolute Gasteiger partial charge is 0.306 e. The average molecular weight is 1030 g/mol. The first-order valence-electron chi connectivity index (χ1n) is 29.6. The van der Waals surface area contributed by atoms with Crippen molar-refractivity contribution in [2.45, 2.75) is 232 Å². The van der Waals surface area contributed by atoms with Gasteiger partial charge < -0.3 is 14.2 Å². The molecule has 0 aliphatic carbocycles. The summed E-state index contributed by atoms with van der Waals surface area (Å²) in [5, 5.41) is 0. The number of rotatable bonds is 51. The van der Waals surface area contributed by atoms with E-state index in [1.165, 1.54) is 38.5 Å². The number of carbonyl (C=O) groups is 3. The molecule has 1 unspecified atom stereocenters. The molecule has 0 bridgehead atoms. The summed E-state index contributed by atoms with van der Waals surface area (Å²) in [6.45, 7) is 6.19. The van der Waals surface area contributed by atoms with E-state index in [0.717, 1.165) is 135 Å². The van der Waals surface area contributed by atoms with Crippen LogP contribution >= 0.6 is 0 Å². The van der Waals surface area contributed by atoms with Gasteiger partial charge in [0.1, 0.15) is 13.2 Å². The number of allylic oxidation sites excluding steroid dienone is 28. The number of hydrogen-bond donors (Lipinski definition) is 0. The molecule has 0 saturated heterocycles. The van der Waals surface area contributed by atoms with Crippen LogP contribution in [0.5, 0.6) is 0 Å². The van der Waals surface area contributed by atoms with Crippen LogP contribution in [0.1, 0.15) is 226 Å². The summed E-state index contributed by atoms with van der Waals surface area (Å²) in [6.07, 6.45) is 90.7. The van der Waals surface area contributed by atoms with E-state index in [2.05, 4.69) is 191 Å². The quantitative estimate of drug-likeness (QED) is 0.0261. The van der Waals surface area contributed by atoms with E-state index in [1.54, 1.807) is 0 Å². The Morgan fingerprint density at radius 2 is 0.493 bits per heavy atom. The van der Waals surface area contributed by atoms with Gasteiger partial charge in [-0.05, 0) is 141 Å². The Hall–Kier alpha value is -5.23. The van der Waals surface area contributed by atoms with Crippen molar-refractivity contribution in [3.8, 4) is 0 Å². The number of carbonyl (C=O) groups excluding carboxylic acids is 3. The van der Waals surface area contributed by atoms with Crippen molar-refractivity contribution >= 4 is 17.9 Å². The largest absolute Gasteiger partial charge is 0.462 e. The van der Waals surface area contributed by atoms with Gasteiger partial charge in [0, 0.05) is 19.3 Å². The normalized spacial score (nSPS) is 13.4. The number of unbranched alkanes of at least 4 members (excludes halogenated alkanes) is 12. The van der Waals surface area contributed by atoms with E-state index in [0.29, 0.717) is 19.3 Å². The highest BCUT2D eigenvalue weighted by molar-refractivity contribution is 5.71. The maximum atomic E-state index is 12.9. The highest BCUT2D eigenvalue weighted by Crippen LogP contribution is 2.13. The van der Waals surface area contributed by atoms with Crippen LogP contribution in [0.3, 0.4) is 0 Å². The first-order valence-corrected chi connectivity index (χ1v) is 29.6. The van der Waals surface area contributed by atoms with Gasteiger partial charge in [-0.25, -0.2) is 0 Å². The standard InChI is InChI=1S/C69H106O6/c1-4-7-10-13-16-19-22-25-28-30-31-32-33-34-35-36-37-39-41-44-47-50-53-56-59-62-68(71)74-65-66(64-73-67(70)61-58-55-52-49-46-43-40-27-24-21-18-15-12-9-6-3)75-69(72)63-60-57-54-51-48-45-42-38-29-26-23-20-17-14-11-8-5-2/h7-12,16-21,25-29,31-32,34-35,40,42,45-46,49,51,54,66H,4-6,13-15,22-24,30,33,36-39,41,43-44,47-48,50,52-53,55-65H2,1-3H3/b10-7-,11-8-,12-9-,19-16-,20-17-,21-18-,28-25-,29-26-,32-31-,35-34-,40-27-,45-42-,49-46-,54-51-. The Labute approximate surface area is 460 Å². The molecule has 0 aromatic rings. The highest BCUT2D eigenvalue weighted by Gasteiger charge is 2.19. The summed E-state index contributed by atoms with van der Waals surface area (Å²) < 4.78 is 16.8. The van der Waals surface area contributed by atoms with Gasteiger partial charge in [0.2, 0.25) is 0 Å². The van der Waals surface area contributed by atoms with Crippen LogP contribution in [0.15, 0.2) is 170 Å². The van der Waals surface area contributed by atoms with Gasteiger partial charge in [0.25, 0.3) is 0 Å². The summed E-state index contributed by atoms with van der Waals surface area (Å²) in [4.78, 5) is 38.2. The molecule has 418 valence electrons. The minimum Gasteiger partial charge on any atom is -0.462 e. The zero-order valence-electron chi connectivity index (χ0n) is 47.7. The molecular weight excluding hydrogens is 925 g/mol. The number of ether oxygens (including phenoxy) is 3. The SMILES string of the molecule is CC/C=C\C/C=C\C/C=C\C/C=C\C/C=C\CCCCCCCCCCCC(=O)OCC(COC(=O)CCCC/C=C\C/C=C\C/C=C\C/C=C\CC)OC(=O)CCC/C=C\C/C=C\C/C=C\C/C=C\C/C=C\CC. The van der Waals surface area contributed by atoms with Crippen LogP contribution in [-0.4, -0.2) is 37.2 Å². The van der Waals surface area contributed by atoms with Gasteiger partial charge in [-0.1, -0.05) is 236 Å². The molecule has 0 spiro atoms. The lowest BCUT2D eigenvalue weighted by molar-refractivity contribution is -0.167. The third kappa shape index (κ3) is 59.5. The summed E-state index contributed by atoms with van der Waals surface area (Å²) in [5.41, 5.74) is 0. The maximum absolute atomic E-state index is 12.9. The average Bonchev–Trinajstić information content (AvgIpc) is 3.41. The lowest BCUT2D eigenvalue weighted by Crippen LogP contribution is -2.30. The second kappa shape index (κ2) is 61.3. The molecule has 0 amide bonds. The summed E-state index contributed by atoms with van der Waals surface area (Å²) >= 11 is 0. The van der Waals surface area contributed by atoms with Crippen LogP contribution < -0.4 is 0 Å². The molecule has 0 N–H and O–H groups in total. The van der Waals surface area contributed by atoms with Gasteiger partial charge in [0.15, 0.2) is 6.10 Å². The van der Waals surface area contributed by atoms with Gasteiger partial charge in [-0.3, -0.25) is 14.4 Å². The van der Waals surface area contributed by atoms with Crippen molar-refractivity contribution in [2.24, 2.45) is 0 Å². The van der Waals surface area contributed by atoms with E-state index in [4.69, 9.17) is 14.2 Å². The second-order valence-electron chi connectivity index (χ2n) is 18.8. The molecule has 6 heteroatoms. The second-order valence-corrected chi connectivity index (χ2v) is 18.8. The third-order valence-corrected chi connectivity index (χ3v) is 11.7. The van der Waals surface area contributed by atoms with Crippen molar-refractivity contribution in [3.63, 3.8) is 0 Å². The van der Waals surface area contributed by atoms with Crippen molar-refractivity contribution in [3.05, 3.63) is 170 Å². The van der Waals surface area contributed by atoms with Gasteiger partial charge in [0.05, 0.1) is 0 Å². The first kappa shape index (κ1) is 69.8. The zero-order chi connectivity index (χ0) is 54.3. The van der Waals surface area contributed by atoms with Gasteiger partial charge in [-0.15, -0.1) is 0 Å². The Bertz CT molecular complexity index is 1750. The van der Waals surface area contributed by atoms with Crippen molar-refractivity contribution in [1.82, 2.24) is 0 Å². The fraction of sp³-hybridized carbons (Fsp3) is 0.551. The minimum atomic E-state index is -0.837. The predicted molar refractivity (Wildman–Crippen MR) is 325 cm³/mol. The molecular formula is C69H106O6. The molecule has 1 atom stereocenters. The monoisotopic (exact) mass is 1030 g/mol. The fourth-order valence-electron chi connectivity index (χ4n) is 7.38.